The van der Waals surface area contributed by atoms with Crippen molar-refractivity contribution in [3.8, 4) is 5.75 Å². The van der Waals surface area contributed by atoms with Gasteiger partial charge in [-0.2, -0.15) is 0 Å². The highest BCUT2D eigenvalue weighted by molar-refractivity contribution is 6.30. The van der Waals surface area contributed by atoms with Crippen LogP contribution in [0.25, 0.3) is 0 Å². The highest BCUT2D eigenvalue weighted by Gasteiger charge is 2.14. The zero-order valence-electron chi connectivity index (χ0n) is 14.0. The zero-order chi connectivity index (χ0) is 18.5. The number of rotatable bonds is 4. The van der Waals surface area contributed by atoms with Crippen molar-refractivity contribution in [3.63, 3.8) is 0 Å². The average Bonchev–Trinajstić information content (AvgIpc) is 2.64. The van der Waals surface area contributed by atoms with E-state index in [9.17, 15) is 9.59 Å². The number of para-hydroxylation sites is 2. The summed E-state index contributed by atoms with van der Waals surface area (Å²) in [5.74, 6) is -0.536. The van der Waals surface area contributed by atoms with Crippen molar-refractivity contribution < 1.29 is 14.3 Å². The first-order chi connectivity index (χ1) is 12.5. The van der Waals surface area contributed by atoms with E-state index < -0.39 is 5.97 Å². The maximum Gasteiger partial charge on any atom is 0.343 e. The highest BCUT2D eigenvalue weighted by Crippen LogP contribution is 2.25. The van der Waals surface area contributed by atoms with Crippen molar-refractivity contribution in [2.75, 3.05) is 5.32 Å². The molecular weight excluding hydrogens is 350 g/mol. The Balaban J connectivity index is 1.77. The second-order valence-corrected chi connectivity index (χ2v) is 6.15. The summed E-state index contributed by atoms with van der Waals surface area (Å²) in [4.78, 5) is 24.7. The Morgan fingerprint density at radius 2 is 1.46 bits per heavy atom. The molecule has 0 aliphatic heterocycles. The average molecular weight is 366 g/mol. The van der Waals surface area contributed by atoms with Gasteiger partial charge in [-0.05, 0) is 55.5 Å². The predicted molar refractivity (Wildman–Crippen MR) is 102 cm³/mol. The van der Waals surface area contributed by atoms with Gasteiger partial charge in [0, 0.05) is 10.6 Å². The molecule has 3 aromatic rings. The van der Waals surface area contributed by atoms with Gasteiger partial charge in [0.2, 0.25) is 0 Å². The highest BCUT2D eigenvalue weighted by atomic mass is 35.5. The van der Waals surface area contributed by atoms with Gasteiger partial charge in [-0.1, -0.05) is 41.4 Å². The second kappa shape index (κ2) is 7.85. The molecule has 0 bridgehead atoms. The van der Waals surface area contributed by atoms with E-state index in [2.05, 4.69) is 5.32 Å². The Hall–Kier alpha value is -3.11. The molecule has 0 heterocycles. The van der Waals surface area contributed by atoms with Gasteiger partial charge in [0.05, 0.1) is 11.3 Å². The molecule has 0 spiro atoms. The predicted octanol–water partition coefficient (Wildman–Crippen LogP) is 5.12. The fourth-order valence-electron chi connectivity index (χ4n) is 2.30. The first-order valence-electron chi connectivity index (χ1n) is 7.98. The molecule has 3 aromatic carbocycles. The summed E-state index contributed by atoms with van der Waals surface area (Å²) in [6.07, 6.45) is 0. The summed E-state index contributed by atoms with van der Waals surface area (Å²) >= 11 is 5.83. The summed E-state index contributed by atoms with van der Waals surface area (Å²) in [5, 5.41) is 3.31. The normalized spacial score (nSPS) is 10.2. The van der Waals surface area contributed by atoms with Crippen LogP contribution < -0.4 is 10.1 Å². The standard InChI is InChI=1S/C21H16ClNO3/c1-14-6-8-15(9-7-14)20(24)23-18-4-2-3-5-19(18)26-21(25)16-10-12-17(22)13-11-16/h2-13H,1H3,(H,23,24). The van der Waals surface area contributed by atoms with Crippen LogP contribution in [0.5, 0.6) is 5.75 Å². The van der Waals surface area contributed by atoms with Gasteiger partial charge >= 0.3 is 5.97 Å². The van der Waals surface area contributed by atoms with Gasteiger partial charge < -0.3 is 10.1 Å². The van der Waals surface area contributed by atoms with Gasteiger partial charge in [0.15, 0.2) is 5.75 Å². The van der Waals surface area contributed by atoms with Crippen LogP contribution in [0, 0.1) is 6.92 Å². The Labute approximate surface area is 156 Å². The minimum Gasteiger partial charge on any atom is -0.421 e. The lowest BCUT2D eigenvalue weighted by Gasteiger charge is -2.11. The fourth-order valence-corrected chi connectivity index (χ4v) is 2.43. The quantitative estimate of drug-likeness (QED) is 0.515. The van der Waals surface area contributed by atoms with E-state index in [0.29, 0.717) is 21.8 Å². The van der Waals surface area contributed by atoms with E-state index >= 15 is 0 Å². The molecule has 3 rings (SSSR count). The minimum atomic E-state index is -0.529. The molecular formula is C21H16ClNO3. The van der Waals surface area contributed by atoms with Crippen LogP contribution in [0.15, 0.2) is 72.8 Å². The largest absolute Gasteiger partial charge is 0.421 e. The lowest BCUT2D eigenvalue weighted by Crippen LogP contribution is -2.14. The molecule has 130 valence electrons. The maximum absolute atomic E-state index is 12.4. The number of hydrogen-bond acceptors (Lipinski definition) is 3. The molecule has 0 saturated heterocycles. The Kier molecular flexibility index (Phi) is 5.34. The van der Waals surface area contributed by atoms with E-state index in [4.69, 9.17) is 16.3 Å². The fraction of sp³-hybridized carbons (Fsp3) is 0.0476. The van der Waals surface area contributed by atoms with Crippen LogP contribution in [0.4, 0.5) is 5.69 Å². The number of halogens is 1. The third-order valence-electron chi connectivity index (χ3n) is 3.73. The number of anilines is 1. The monoisotopic (exact) mass is 365 g/mol. The number of hydrogen-bond donors (Lipinski definition) is 1. The van der Waals surface area contributed by atoms with E-state index in [1.54, 1.807) is 60.7 Å². The van der Waals surface area contributed by atoms with Gasteiger partial charge in [0.25, 0.3) is 5.91 Å². The minimum absolute atomic E-state index is 0.271. The number of amides is 1. The molecule has 0 unspecified atom stereocenters. The molecule has 0 aliphatic carbocycles. The Morgan fingerprint density at radius 3 is 2.15 bits per heavy atom. The van der Waals surface area contributed by atoms with Crippen LogP contribution in [0.2, 0.25) is 5.02 Å². The van der Waals surface area contributed by atoms with E-state index in [1.807, 2.05) is 19.1 Å². The van der Waals surface area contributed by atoms with Crippen molar-refractivity contribution in [1.29, 1.82) is 0 Å². The molecule has 5 heteroatoms. The SMILES string of the molecule is Cc1ccc(C(=O)Nc2ccccc2OC(=O)c2ccc(Cl)cc2)cc1. The van der Waals surface area contributed by atoms with Gasteiger partial charge in [0.1, 0.15) is 0 Å². The smallest absolute Gasteiger partial charge is 0.343 e. The third kappa shape index (κ3) is 4.29. The molecule has 4 nitrogen and oxygen atoms in total. The third-order valence-corrected chi connectivity index (χ3v) is 3.98. The number of nitrogens with one attached hydrogen (secondary N) is 1. The van der Waals surface area contributed by atoms with Crippen molar-refractivity contribution >= 4 is 29.2 Å². The Bertz CT molecular complexity index is 856. The molecule has 0 saturated carbocycles. The number of ether oxygens (including phenoxy) is 1. The lowest BCUT2D eigenvalue weighted by atomic mass is 10.1. The van der Waals surface area contributed by atoms with Crippen LogP contribution >= 0.6 is 11.6 Å². The topological polar surface area (TPSA) is 55.4 Å². The molecule has 0 atom stereocenters. The number of carbonyl (C=O) groups is 2. The van der Waals surface area contributed by atoms with Crippen LogP contribution in [0.1, 0.15) is 26.3 Å². The first-order valence-corrected chi connectivity index (χ1v) is 8.35. The molecule has 0 radical (unpaired) electrons. The van der Waals surface area contributed by atoms with Crippen molar-refractivity contribution in [3.05, 3.63) is 94.5 Å². The van der Waals surface area contributed by atoms with Crippen LogP contribution in [-0.2, 0) is 0 Å². The zero-order valence-corrected chi connectivity index (χ0v) is 14.8. The Morgan fingerprint density at radius 1 is 0.846 bits per heavy atom. The van der Waals surface area contributed by atoms with Crippen LogP contribution in [-0.4, -0.2) is 11.9 Å². The van der Waals surface area contributed by atoms with Crippen molar-refractivity contribution in [1.82, 2.24) is 0 Å². The molecule has 1 N–H and O–H groups in total. The molecule has 1 amide bonds. The maximum atomic E-state index is 12.4. The van der Waals surface area contributed by atoms with Gasteiger partial charge in [-0.15, -0.1) is 0 Å². The summed E-state index contributed by atoms with van der Waals surface area (Å²) in [5.41, 5.74) is 2.38. The van der Waals surface area contributed by atoms with Crippen LogP contribution in [0.3, 0.4) is 0 Å². The molecule has 0 aromatic heterocycles. The van der Waals surface area contributed by atoms with E-state index in [0.717, 1.165) is 5.56 Å². The number of carbonyl (C=O) groups excluding carboxylic acids is 2. The van der Waals surface area contributed by atoms with Crippen molar-refractivity contribution in [2.24, 2.45) is 0 Å². The number of esters is 1. The molecule has 0 fully saturated rings. The van der Waals surface area contributed by atoms with E-state index in [-0.39, 0.29) is 11.7 Å². The summed E-state index contributed by atoms with van der Waals surface area (Å²) in [6, 6.07) is 20.4. The number of aryl methyl sites for hydroxylation is 1. The lowest BCUT2D eigenvalue weighted by molar-refractivity contribution is 0.0734. The van der Waals surface area contributed by atoms with Gasteiger partial charge in [-0.3, -0.25) is 4.79 Å². The number of benzene rings is 3. The molecule has 26 heavy (non-hydrogen) atoms. The summed E-state index contributed by atoms with van der Waals surface area (Å²) < 4.78 is 5.43. The molecule has 0 aliphatic rings. The summed E-state index contributed by atoms with van der Waals surface area (Å²) in [7, 11) is 0. The second-order valence-electron chi connectivity index (χ2n) is 5.71. The first kappa shape index (κ1) is 17.7. The summed E-state index contributed by atoms with van der Waals surface area (Å²) in [6.45, 7) is 1.95. The van der Waals surface area contributed by atoms with E-state index in [1.165, 1.54) is 0 Å². The van der Waals surface area contributed by atoms with Crippen molar-refractivity contribution in [2.45, 2.75) is 6.92 Å². The van der Waals surface area contributed by atoms with Gasteiger partial charge in [-0.25, -0.2) is 4.79 Å².